The van der Waals surface area contributed by atoms with Gasteiger partial charge in [0.25, 0.3) is 11.8 Å². The normalized spacial score (nSPS) is 14.3. The van der Waals surface area contributed by atoms with Crippen molar-refractivity contribution in [3.8, 4) is 0 Å². The molecular formula is C28H37N3O11. The van der Waals surface area contributed by atoms with Gasteiger partial charge in [0.2, 0.25) is 5.91 Å². The predicted molar refractivity (Wildman–Crippen MR) is 143 cm³/mol. The molecule has 1 aliphatic heterocycles. The molecule has 0 aromatic heterocycles. The summed E-state index contributed by atoms with van der Waals surface area (Å²) in [6, 6.07) is 5.36. The van der Waals surface area contributed by atoms with Crippen molar-refractivity contribution < 1.29 is 52.6 Å². The maximum absolute atomic E-state index is 13.3. The van der Waals surface area contributed by atoms with Gasteiger partial charge in [-0.25, -0.2) is 9.59 Å². The van der Waals surface area contributed by atoms with Gasteiger partial charge in [-0.05, 0) is 17.4 Å². The van der Waals surface area contributed by atoms with E-state index in [0.717, 1.165) is 0 Å². The highest BCUT2D eigenvalue weighted by Gasteiger charge is 2.37. The number of ether oxygens (including phenoxy) is 3. The number of hydroxylamine groups is 2. The molecule has 42 heavy (non-hydrogen) atoms. The van der Waals surface area contributed by atoms with Crippen LogP contribution in [0.5, 0.6) is 0 Å². The molecule has 1 fully saturated rings. The molecule has 2 N–H and O–H groups in total. The number of hydrogen-bond acceptors (Lipinski definition) is 11. The minimum Gasteiger partial charge on any atom is -0.465 e. The number of hydrogen-bond donors (Lipinski definition) is 2. The van der Waals surface area contributed by atoms with Crippen LogP contribution in [0.2, 0.25) is 0 Å². The molecule has 0 radical (unpaired) electrons. The zero-order chi connectivity index (χ0) is 31.2. The smallest absolute Gasteiger partial charge is 0.408 e. The Morgan fingerprint density at radius 1 is 0.762 bits per heavy atom. The van der Waals surface area contributed by atoms with Crippen LogP contribution in [0.3, 0.4) is 0 Å². The zero-order valence-corrected chi connectivity index (χ0v) is 24.1. The minimum atomic E-state index is -1.74. The van der Waals surface area contributed by atoms with Gasteiger partial charge in [0.05, 0.1) is 26.1 Å². The second-order valence-corrected chi connectivity index (χ2v) is 10.4. The summed E-state index contributed by atoms with van der Waals surface area (Å²) in [6.45, 7) is 7.14. The average Bonchev–Trinajstić information content (AvgIpc) is 3.25. The number of esters is 2. The largest absolute Gasteiger partial charge is 0.465 e. The molecule has 1 aromatic carbocycles. The van der Waals surface area contributed by atoms with E-state index in [0.29, 0.717) is 5.56 Å². The number of carbonyl (C=O) groups is 7. The van der Waals surface area contributed by atoms with Gasteiger partial charge < -0.3 is 29.7 Å². The van der Waals surface area contributed by atoms with Crippen LogP contribution in [0.25, 0.3) is 0 Å². The molecular weight excluding hydrogens is 554 g/mol. The molecule has 4 amide bonds. The van der Waals surface area contributed by atoms with E-state index in [4.69, 9.17) is 19.0 Å². The molecule has 0 aliphatic carbocycles. The zero-order valence-electron chi connectivity index (χ0n) is 24.1. The van der Waals surface area contributed by atoms with Gasteiger partial charge in [0.15, 0.2) is 0 Å². The number of amides is 4. The molecule has 1 saturated heterocycles. The summed E-state index contributed by atoms with van der Waals surface area (Å²) in [5.74, 6) is -5.64. The van der Waals surface area contributed by atoms with E-state index in [9.17, 15) is 33.6 Å². The van der Waals surface area contributed by atoms with E-state index < -0.39 is 66.6 Å². The maximum Gasteiger partial charge on any atom is 0.408 e. The molecule has 2 atom stereocenters. The first kappa shape index (κ1) is 33.7. The summed E-state index contributed by atoms with van der Waals surface area (Å²) in [4.78, 5) is 92.3. The third-order valence-electron chi connectivity index (χ3n) is 5.51. The highest BCUT2D eigenvalue weighted by Crippen LogP contribution is 2.14. The highest BCUT2D eigenvalue weighted by atomic mass is 16.7. The Labute approximate surface area is 243 Å². The Hall–Kier alpha value is -4.49. The molecule has 0 saturated carbocycles. The molecule has 1 heterocycles. The van der Waals surface area contributed by atoms with Crippen molar-refractivity contribution in [2.75, 3.05) is 13.2 Å². The van der Waals surface area contributed by atoms with Crippen LogP contribution < -0.4 is 10.6 Å². The van der Waals surface area contributed by atoms with Crippen molar-refractivity contribution >= 4 is 41.7 Å². The number of alkyl carbamates (subject to hydrolysis) is 1. The number of nitrogens with zero attached hydrogens (tertiary/aromatic N) is 1. The van der Waals surface area contributed by atoms with Crippen LogP contribution in [0.1, 0.15) is 58.9 Å². The van der Waals surface area contributed by atoms with Crippen LogP contribution in [0.4, 0.5) is 4.79 Å². The van der Waals surface area contributed by atoms with Crippen molar-refractivity contribution in [2.24, 2.45) is 11.8 Å². The molecule has 230 valence electrons. The van der Waals surface area contributed by atoms with Crippen LogP contribution >= 0.6 is 0 Å². The van der Waals surface area contributed by atoms with Gasteiger partial charge in [-0.2, -0.15) is 0 Å². The van der Waals surface area contributed by atoms with E-state index in [1.807, 2.05) is 0 Å². The summed E-state index contributed by atoms with van der Waals surface area (Å²) >= 11 is 0. The van der Waals surface area contributed by atoms with Crippen molar-refractivity contribution in [3.63, 3.8) is 0 Å². The summed E-state index contributed by atoms with van der Waals surface area (Å²) in [6.07, 6.45) is -2.75. The van der Waals surface area contributed by atoms with Crippen LogP contribution in [0, 0.1) is 11.8 Å². The van der Waals surface area contributed by atoms with Crippen molar-refractivity contribution in [3.05, 3.63) is 35.9 Å². The Kier molecular flexibility index (Phi) is 13.4. The van der Waals surface area contributed by atoms with Gasteiger partial charge in [-0.1, -0.05) is 58.0 Å². The first-order valence-electron chi connectivity index (χ1n) is 13.5. The molecule has 1 aliphatic rings. The average molecular weight is 592 g/mol. The Morgan fingerprint density at radius 2 is 1.29 bits per heavy atom. The van der Waals surface area contributed by atoms with Crippen LogP contribution in [-0.4, -0.2) is 72.1 Å². The fraction of sp³-hybridized carbons (Fsp3) is 0.536. The lowest BCUT2D eigenvalue weighted by Crippen LogP contribution is -2.54. The SMILES string of the molecule is CC(C)COC(=O)CC(NC(=O)OCc1ccccc1)C(=O)N[C@@H](CC(=O)OCC(C)C)C(=O)ON1C(=O)CCC1=O. The molecule has 0 spiro atoms. The van der Waals surface area contributed by atoms with Crippen LogP contribution in [0.15, 0.2) is 30.3 Å². The van der Waals surface area contributed by atoms with E-state index >= 15 is 0 Å². The van der Waals surface area contributed by atoms with Gasteiger partial charge in [-0.3, -0.25) is 24.0 Å². The maximum atomic E-state index is 13.3. The quantitative estimate of drug-likeness (QED) is 0.171. The Balaban J connectivity index is 2.18. The van der Waals surface area contributed by atoms with Crippen LogP contribution in [-0.2, 0) is 54.4 Å². The monoisotopic (exact) mass is 591 g/mol. The first-order chi connectivity index (χ1) is 19.8. The second kappa shape index (κ2) is 16.7. The van der Waals surface area contributed by atoms with E-state index in [1.54, 1.807) is 58.0 Å². The van der Waals surface area contributed by atoms with Gasteiger partial charge in [-0.15, -0.1) is 5.06 Å². The number of benzene rings is 1. The van der Waals surface area contributed by atoms with E-state index in [-0.39, 0.29) is 49.6 Å². The lowest BCUT2D eigenvalue weighted by atomic mass is 10.1. The number of imide groups is 1. The predicted octanol–water partition coefficient (Wildman–Crippen LogP) is 1.55. The highest BCUT2D eigenvalue weighted by molar-refractivity contribution is 6.02. The topological polar surface area (TPSA) is 184 Å². The van der Waals surface area contributed by atoms with Crippen molar-refractivity contribution in [1.82, 2.24) is 15.7 Å². The minimum absolute atomic E-state index is 0.00275. The molecule has 2 rings (SSSR count). The van der Waals surface area contributed by atoms with Gasteiger partial charge in [0.1, 0.15) is 18.7 Å². The number of rotatable bonds is 15. The third-order valence-corrected chi connectivity index (χ3v) is 5.51. The number of nitrogens with one attached hydrogen (secondary N) is 2. The summed E-state index contributed by atoms with van der Waals surface area (Å²) in [5, 5.41) is 4.78. The molecule has 1 unspecified atom stereocenters. The second-order valence-electron chi connectivity index (χ2n) is 10.4. The lowest BCUT2D eigenvalue weighted by Gasteiger charge is -2.23. The summed E-state index contributed by atoms with van der Waals surface area (Å²) < 4.78 is 15.3. The first-order valence-corrected chi connectivity index (χ1v) is 13.5. The molecule has 1 aromatic rings. The standard InChI is InChI=1S/C28H37N3O11/c1-17(2)14-39-24(34)12-20(30-28(38)41-16-19-8-6-5-7-9-19)26(36)29-21(13-25(35)40-15-18(3)4)27(37)42-31-22(32)10-11-23(31)33/h5-9,17-18,20-21H,10-16H2,1-4H3,(H,29,36)(H,30,38)/t20?,21-/m0/s1. The van der Waals surface area contributed by atoms with Crippen molar-refractivity contribution in [1.29, 1.82) is 0 Å². The Morgan fingerprint density at radius 3 is 1.81 bits per heavy atom. The molecule has 14 heteroatoms. The number of carbonyl (C=O) groups excluding carboxylic acids is 7. The van der Waals surface area contributed by atoms with Gasteiger partial charge in [0, 0.05) is 12.8 Å². The third kappa shape index (κ3) is 11.9. The Bertz CT molecular complexity index is 1120. The molecule has 14 nitrogen and oxygen atoms in total. The molecule has 0 bridgehead atoms. The lowest BCUT2D eigenvalue weighted by molar-refractivity contribution is -0.199. The fourth-order valence-corrected chi connectivity index (χ4v) is 3.36. The van der Waals surface area contributed by atoms with Crippen molar-refractivity contribution in [2.45, 2.75) is 72.1 Å². The van der Waals surface area contributed by atoms with Gasteiger partial charge >= 0.3 is 24.0 Å². The summed E-state index contributed by atoms with van der Waals surface area (Å²) in [7, 11) is 0. The van der Waals surface area contributed by atoms with E-state index in [1.165, 1.54) is 0 Å². The fourth-order valence-electron chi connectivity index (χ4n) is 3.36. The summed E-state index contributed by atoms with van der Waals surface area (Å²) in [5.41, 5.74) is 0.665. The van der Waals surface area contributed by atoms with E-state index in [2.05, 4.69) is 10.6 Å².